The van der Waals surface area contributed by atoms with E-state index < -0.39 is 0 Å². The highest BCUT2D eigenvalue weighted by atomic mass is 32.1. The molecule has 2 fully saturated rings. The van der Waals surface area contributed by atoms with Crippen molar-refractivity contribution in [2.75, 3.05) is 26.2 Å². The van der Waals surface area contributed by atoms with Gasteiger partial charge in [0.1, 0.15) is 5.69 Å². The molecule has 1 N–H and O–H groups in total. The van der Waals surface area contributed by atoms with Gasteiger partial charge in [-0.2, -0.15) is 0 Å². The minimum absolute atomic E-state index is 0.0161. The van der Waals surface area contributed by atoms with Crippen molar-refractivity contribution in [1.82, 2.24) is 20.1 Å². The number of likely N-dealkylation sites (tertiary alicyclic amines) is 1. The Morgan fingerprint density at radius 1 is 1.33 bits per heavy atom. The van der Waals surface area contributed by atoms with Gasteiger partial charge in [-0.25, -0.2) is 9.78 Å². The molecule has 2 aromatic rings. The van der Waals surface area contributed by atoms with Crippen molar-refractivity contribution in [3.63, 3.8) is 0 Å². The first-order valence-corrected chi connectivity index (χ1v) is 8.93. The number of piperidine rings is 1. The summed E-state index contributed by atoms with van der Waals surface area (Å²) < 4.78 is 5.32. The number of furan rings is 1. The van der Waals surface area contributed by atoms with Gasteiger partial charge in [0.15, 0.2) is 10.8 Å². The van der Waals surface area contributed by atoms with Gasteiger partial charge < -0.3 is 19.5 Å². The Kier molecular flexibility index (Phi) is 3.97. The molecule has 0 saturated carbocycles. The fourth-order valence-electron chi connectivity index (χ4n) is 3.26. The number of nitrogens with one attached hydrogen (secondary N) is 1. The van der Waals surface area contributed by atoms with Crippen LogP contribution in [0.15, 0.2) is 28.2 Å². The Balaban J connectivity index is 1.39. The lowest BCUT2D eigenvalue weighted by molar-refractivity contribution is 0.0661. The molecule has 0 radical (unpaired) electrons. The predicted octanol–water partition coefficient (Wildman–Crippen LogP) is 2.03. The van der Waals surface area contributed by atoms with Crippen LogP contribution in [0.4, 0.5) is 4.79 Å². The zero-order chi connectivity index (χ0) is 16.5. The topological polar surface area (TPSA) is 78.7 Å². The zero-order valence-corrected chi connectivity index (χ0v) is 13.9. The molecule has 0 bridgehead atoms. The van der Waals surface area contributed by atoms with Crippen LogP contribution in [0.25, 0.3) is 10.8 Å². The number of nitrogens with zero attached hydrogens (tertiary/aromatic N) is 3. The summed E-state index contributed by atoms with van der Waals surface area (Å²) in [6, 6.07) is 3.88. The highest BCUT2D eigenvalue weighted by Gasteiger charge is 2.32. The molecule has 0 unspecified atom stereocenters. The Morgan fingerprint density at radius 3 is 2.83 bits per heavy atom. The van der Waals surface area contributed by atoms with E-state index in [1.807, 2.05) is 15.9 Å². The van der Waals surface area contributed by atoms with Gasteiger partial charge in [-0.3, -0.25) is 4.79 Å². The Labute approximate surface area is 143 Å². The van der Waals surface area contributed by atoms with Gasteiger partial charge in [0.05, 0.1) is 6.26 Å². The number of urea groups is 1. The highest BCUT2D eigenvalue weighted by molar-refractivity contribution is 7.13. The number of hydrogen-bond donors (Lipinski definition) is 1. The summed E-state index contributed by atoms with van der Waals surface area (Å²) in [5.41, 5.74) is 0.462. The van der Waals surface area contributed by atoms with Crippen LogP contribution in [0.2, 0.25) is 0 Å². The molecule has 2 saturated heterocycles. The van der Waals surface area contributed by atoms with E-state index >= 15 is 0 Å². The average Bonchev–Trinajstić information content (AvgIpc) is 3.35. The molecular weight excluding hydrogens is 328 g/mol. The largest absolute Gasteiger partial charge is 0.462 e. The number of carbonyl (C=O) groups excluding carboxylic acids is 2. The molecule has 4 rings (SSSR count). The molecule has 2 aliphatic heterocycles. The maximum absolute atomic E-state index is 12.6. The summed E-state index contributed by atoms with van der Waals surface area (Å²) in [6.45, 7) is 2.78. The van der Waals surface area contributed by atoms with Crippen molar-refractivity contribution in [2.45, 2.75) is 18.9 Å². The molecule has 24 heavy (non-hydrogen) atoms. The molecule has 0 aliphatic carbocycles. The fraction of sp³-hybridized carbons (Fsp3) is 0.438. The van der Waals surface area contributed by atoms with Crippen molar-refractivity contribution < 1.29 is 14.0 Å². The molecule has 2 aliphatic rings. The second-order valence-corrected chi connectivity index (χ2v) is 6.82. The summed E-state index contributed by atoms with van der Waals surface area (Å²) >= 11 is 1.41. The van der Waals surface area contributed by atoms with E-state index in [0.29, 0.717) is 36.1 Å². The van der Waals surface area contributed by atoms with Gasteiger partial charge in [0.25, 0.3) is 5.91 Å². The van der Waals surface area contributed by atoms with Crippen molar-refractivity contribution >= 4 is 23.3 Å². The maximum atomic E-state index is 12.6. The lowest BCUT2D eigenvalue weighted by atomic mass is 10.0. The molecule has 8 heteroatoms. The molecule has 0 atom stereocenters. The van der Waals surface area contributed by atoms with Crippen LogP contribution in [-0.4, -0.2) is 58.9 Å². The summed E-state index contributed by atoms with van der Waals surface area (Å²) in [5.74, 6) is 0.631. The first-order valence-electron chi connectivity index (χ1n) is 8.05. The standard InChI is InChI=1S/C16H18N4O3S/c21-15(12-10-24-14(18-12)13-2-1-9-23-13)19-6-3-11(4-7-19)20-8-5-17-16(20)22/h1-2,9-11H,3-8H2,(H,17,22). The maximum Gasteiger partial charge on any atom is 0.317 e. The second-order valence-electron chi connectivity index (χ2n) is 5.96. The Bertz CT molecular complexity index is 734. The minimum atomic E-state index is -0.0478. The summed E-state index contributed by atoms with van der Waals surface area (Å²) in [7, 11) is 0. The number of hydrogen-bond acceptors (Lipinski definition) is 5. The Morgan fingerprint density at radius 2 is 2.17 bits per heavy atom. The van der Waals surface area contributed by atoms with Gasteiger partial charge >= 0.3 is 6.03 Å². The first kappa shape index (κ1) is 15.2. The van der Waals surface area contributed by atoms with Crippen LogP contribution in [0.5, 0.6) is 0 Å². The van der Waals surface area contributed by atoms with Gasteiger partial charge in [0, 0.05) is 37.6 Å². The Hall–Kier alpha value is -2.35. The molecule has 4 heterocycles. The quantitative estimate of drug-likeness (QED) is 0.922. The average molecular weight is 346 g/mol. The van der Waals surface area contributed by atoms with E-state index in [0.717, 1.165) is 19.4 Å². The third-order valence-corrected chi connectivity index (χ3v) is 5.39. The first-order chi connectivity index (χ1) is 11.7. The van der Waals surface area contributed by atoms with Crippen LogP contribution in [0, 0.1) is 0 Å². The molecule has 0 spiro atoms. The molecular formula is C16H18N4O3S. The van der Waals surface area contributed by atoms with E-state index in [1.54, 1.807) is 17.7 Å². The summed E-state index contributed by atoms with van der Waals surface area (Å²) in [5, 5.41) is 5.32. The van der Waals surface area contributed by atoms with E-state index in [9.17, 15) is 9.59 Å². The van der Waals surface area contributed by atoms with Crippen molar-refractivity contribution in [3.8, 4) is 10.8 Å². The van der Waals surface area contributed by atoms with Crippen LogP contribution < -0.4 is 5.32 Å². The summed E-state index contributed by atoms with van der Waals surface area (Å²) in [6.07, 6.45) is 3.22. The number of rotatable bonds is 3. The second kappa shape index (κ2) is 6.27. The molecule has 0 aromatic carbocycles. The minimum Gasteiger partial charge on any atom is -0.462 e. The lowest BCUT2D eigenvalue weighted by Crippen LogP contribution is -2.47. The predicted molar refractivity (Wildman–Crippen MR) is 88.8 cm³/mol. The number of aromatic nitrogens is 1. The molecule has 126 valence electrons. The zero-order valence-electron chi connectivity index (χ0n) is 13.1. The van der Waals surface area contributed by atoms with E-state index in [1.165, 1.54) is 11.3 Å². The van der Waals surface area contributed by atoms with Crippen LogP contribution in [-0.2, 0) is 0 Å². The van der Waals surface area contributed by atoms with Gasteiger partial charge in [0.2, 0.25) is 0 Å². The van der Waals surface area contributed by atoms with Crippen LogP contribution in [0.3, 0.4) is 0 Å². The van der Waals surface area contributed by atoms with Crippen LogP contribution >= 0.6 is 11.3 Å². The third kappa shape index (κ3) is 2.77. The number of amides is 3. The van der Waals surface area contributed by atoms with Gasteiger partial charge in [-0.05, 0) is 25.0 Å². The van der Waals surface area contributed by atoms with Gasteiger partial charge in [-0.15, -0.1) is 11.3 Å². The van der Waals surface area contributed by atoms with E-state index in [2.05, 4.69) is 10.3 Å². The lowest BCUT2D eigenvalue weighted by Gasteiger charge is -2.35. The van der Waals surface area contributed by atoms with Crippen molar-refractivity contribution in [3.05, 3.63) is 29.5 Å². The number of thiazole rings is 1. The van der Waals surface area contributed by atoms with Crippen molar-refractivity contribution in [2.24, 2.45) is 0 Å². The fourth-order valence-corrected chi connectivity index (χ4v) is 4.02. The normalized spacial score (nSPS) is 18.9. The molecule has 2 aromatic heterocycles. The smallest absolute Gasteiger partial charge is 0.317 e. The highest BCUT2D eigenvalue weighted by Crippen LogP contribution is 2.25. The third-order valence-electron chi connectivity index (χ3n) is 4.54. The monoisotopic (exact) mass is 346 g/mol. The molecule has 7 nitrogen and oxygen atoms in total. The van der Waals surface area contributed by atoms with E-state index in [4.69, 9.17) is 4.42 Å². The van der Waals surface area contributed by atoms with E-state index in [-0.39, 0.29) is 18.0 Å². The molecule has 3 amide bonds. The SMILES string of the molecule is O=C(c1csc(-c2ccco2)n1)N1CCC(N2CCNC2=O)CC1. The van der Waals surface area contributed by atoms with Gasteiger partial charge in [-0.1, -0.05) is 0 Å². The summed E-state index contributed by atoms with van der Waals surface area (Å²) in [4.78, 5) is 32.5. The number of carbonyl (C=O) groups is 2. The van der Waals surface area contributed by atoms with Crippen LogP contribution in [0.1, 0.15) is 23.3 Å². The van der Waals surface area contributed by atoms with Crippen molar-refractivity contribution in [1.29, 1.82) is 0 Å².